The van der Waals surface area contributed by atoms with Crippen molar-refractivity contribution in [2.24, 2.45) is 0 Å². The van der Waals surface area contributed by atoms with E-state index in [2.05, 4.69) is 10.6 Å². The Hall–Kier alpha value is -2.15. The first-order chi connectivity index (χ1) is 9.13. The van der Waals surface area contributed by atoms with Crippen LogP contribution in [0.4, 0.5) is 17.1 Å². The summed E-state index contributed by atoms with van der Waals surface area (Å²) in [6.45, 7) is 4.75. The van der Waals surface area contributed by atoms with Gasteiger partial charge in [0.05, 0.1) is 4.92 Å². The Bertz CT molecular complexity index is 498. The summed E-state index contributed by atoms with van der Waals surface area (Å²) in [4.78, 5) is 23.3. The molecule has 1 amide bonds. The van der Waals surface area contributed by atoms with E-state index in [0.29, 0.717) is 36.4 Å². The fourth-order valence-electron chi connectivity index (χ4n) is 2.21. The van der Waals surface area contributed by atoms with Crippen LogP contribution in [0.15, 0.2) is 12.1 Å². The molecule has 7 heteroatoms. The van der Waals surface area contributed by atoms with Crippen LogP contribution in [-0.2, 0) is 4.79 Å². The second kappa shape index (κ2) is 5.66. The van der Waals surface area contributed by atoms with Crippen molar-refractivity contribution in [3.8, 4) is 0 Å². The Morgan fingerprint density at radius 3 is 2.68 bits per heavy atom. The van der Waals surface area contributed by atoms with Gasteiger partial charge in [-0.05, 0) is 18.6 Å². The van der Waals surface area contributed by atoms with E-state index in [1.54, 1.807) is 13.0 Å². The summed E-state index contributed by atoms with van der Waals surface area (Å²) in [5.41, 5.74) is 1.92. The van der Waals surface area contributed by atoms with Crippen LogP contribution in [-0.4, -0.2) is 37.5 Å². The quantitative estimate of drug-likeness (QED) is 0.479. The lowest BCUT2D eigenvalue weighted by Gasteiger charge is -2.29. The molecule has 2 N–H and O–H groups in total. The monoisotopic (exact) mass is 264 g/mol. The van der Waals surface area contributed by atoms with Gasteiger partial charge in [-0.15, -0.1) is 0 Å². The number of carbonyl (C=O) groups excluding carboxylic acids is 1. The van der Waals surface area contributed by atoms with E-state index in [4.69, 9.17) is 0 Å². The van der Waals surface area contributed by atoms with Gasteiger partial charge < -0.3 is 15.5 Å². The number of anilines is 2. The van der Waals surface area contributed by atoms with E-state index in [1.165, 1.54) is 6.07 Å². The third-order valence-corrected chi connectivity index (χ3v) is 3.19. The normalized spacial score (nSPS) is 15.1. The maximum absolute atomic E-state index is 11.2. The molecule has 0 aromatic heterocycles. The minimum Gasteiger partial charge on any atom is -0.363 e. The number of hydrogen-bond acceptors (Lipinski definition) is 5. The molecule has 1 aliphatic rings. The summed E-state index contributed by atoms with van der Waals surface area (Å²) >= 11 is 0. The maximum Gasteiger partial charge on any atom is 0.292 e. The lowest BCUT2D eigenvalue weighted by molar-refractivity contribution is -0.384. The molecule has 1 saturated heterocycles. The number of aryl methyl sites for hydroxylation is 1. The van der Waals surface area contributed by atoms with Crippen molar-refractivity contribution in [2.45, 2.75) is 6.92 Å². The topological polar surface area (TPSA) is 87.5 Å². The standard InChI is InChI=1S/C12H16N4O3/c1-9-6-12(16(18)19)11(7-10(9)14-8-17)15-4-2-13-3-5-15/h6-8,13H,2-5H2,1H3,(H,14,17). The van der Waals surface area contributed by atoms with Crippen LogP contribution in [0.1, 0.15) is 5.56 Å². The Morgan fingerprint density at radius 1 is 1.42 bits per heavy atom. The van der Waals surface area contributed by atoms with Crippen molar-refractivity contribution in [2.75, 3.05) is 36.4 Å². The van der Waals surface area contributed by atoms with Crippen LogP contribution in [0, 0.1) is 17.0 Å². The molecule has 1 aliphatic heterocycles. The van der Waals surface area contributed by atoms with Gasteiger partial charge in [0.25, 0.3) is 5.69 Å². The second-order valence-corrected chi connectivity index (χ2v) is 4.41. The molecule has 0 aliphatic carbocycles. The molecule has 7 nitrogen and oxygen atoms in total. The molecular weight excluding hydrogens is 248 g/mol. The molecule has 0 atom stereocenters. The van der Waals surface area contributed by atoms with Gasteiger partial charge in [-0.2, -0.15) is 0 Å². The lowest BCUT2D eigenvalue weighted by Crippen LogP contribution is -2.43. The fraction of sp³-hybridized carbons (Fsp3) is 0.417. The molecule has 0 spiro atoms. The number of nitrogens with one attached hydrogen (secondary N) is 2. The van der Waals surface area contributed by atoms with E-state index in [-0.39, 0.29) is 10.6 Å². The predicted molar refractivity (Wildman–Crippen MR) is 72.6 cm³/mol. The molecule has 102 valence electrons. The number of nitro benzene ring substituents is 1. The lowest BCUT2D eigenvalue weighted by atomic mass is 10.1. The SMILES string of the molecule is Cc1cc([N+](=O)[O-])c(N2CCNCC2)cc1NC=O. The highest BCUT2D eigenvalue weighted by atomic mass is 16.6. The number of nitro groups is 1. The number of carbonyl (C=O) groups is 1. The fourth-order valence-corrected chi connectivity index (χ4v) is 2.21. The summed E-state index contributed by atoms with van der Waals surface area (Å²) in [5.74, 6) is 0. The number of rotatable bonds is 4. The molecule has 1 aromatic carbocycles. The summed E-state index contributed by atoms with van der Waals surface area (Å²) in [5, 5.41) is 16.9. The highest BCUT2D eigenvalue weighted by Crippen LogP contribution is 2.33. The van der Waals surface area contributed by atoms with Crippen molar-refractivity contribution in [3.63, 3.8) is 0 Å². The number of piperazine rings is 1. The molecule has 0 bridgehead atoms. The van der Waals surface area contributed by atoms with Gasteiger partial charge in [0.15, 0.2) is 0 Å². The molecule has 0 radical (unpaired) electrons. The maximum atomic E-state index is 11.2. The minimum absolute atomic E-state index is 0.0795. The largest absolute Gasteiger partial charge is 0.363 e. The molecular formula is C12H16N4O3. The Balaban J connectivity index is 2.44. The van der Waals surface area contributed by atoms with Crippen molar-refractivity contribution in [3.05, 3.63) is 27.8 Å². The molecule has 1 aromatic rings. The van der Waals surface area contributed by atoms with Gasteiger partial charge in [-0.1, -0.05) is 0 Å². The van der Waals surface area contributed by atoms with Crippen LogP contribution in [0.25, 0.3) is 0 Å². The number of hydrogen-bond donors (Lipinski definition) is 2. The molecule has 1 fully saturated rings. The van der Waals surface area contributed by atoms with E-state index >= 15 is 0 Å². The van der Waals surface area contributed by atoms with E-state index in [1.807, 2.05) is 4.90 Å². The highest BCUT2D eigenvalue weighted by molar-refractivity contribution is 5.80. The van der Waals surface area contributed by atoms with Crippen LogP contribution in [0.3, 0.4) is 0 Å². The predicted octanol–water partition coefficient (Wildman–Crippen LogP) is 0.881. The average molecular weight is 264 g/mol. The first kappa shape index (κ1) is 13.3. The summed E-state index contributed by atoms with van der Waals surface area (Å²) in [6, 6.07) is 3.18. The highest BCUT2D eigenvalue weighted by Gasteiger charge is 2.22. The molecule has 19 heavy (non-hydrogen) atoms. The Labute approximate surface area is 110 Å². The molecule has 0 saturated carbocycles. The van der Waals surface area contributed by atoms with Crippen LogP contribution in [0.5, 0.6) is 0 Å². The zero-order valence-corrected chi connectivity index (χ0v) is 10.7. The van der Waals surface area contributed by atoms with Gasteiger partial charge in [-0.3, -0.25) is 14.9 Å². The van der Waals surface area contributed by atoms with Crippen LogP contribution < -0.4 is 15.5 Å². The second-order valence-electron chi connectivity index (χ2n) is 4.41. The molecule has 1 heterocycles. The average Bonchev–Trinajstić information content (AvgIpc) is 2.41. The number of amides is 1. The summed E-state index contributed by atoms with van der Waals surface area (Å²) < 4.78 is 0. The van der Waals surface area contributed by atoms with Gasteiger partial charge in [-0.25, -0.2) is 0 Å². The third kappa shape index (κ3) is 2.82. The number of benzene rings is 1. The Morgan fingerprint density at radius 2 is 2.11 bits per heavy atom. The first-order valence-electron chi connectivity index (χ1n) is 6.08. The minimum atomic E-state index is -0.380. The van der Waals surface area contributed by atoms with Crippen molar-refractivity contribution >= 4 is 23.5 Å². The van der Waals surface area contributed by atoms with Gasteiger partial charge >= 0.3 is 0 Å². The Kier molecular flexibility index (Phi) is 3.96. The van der Waals surface area contributed by atoms with Crippen molar-refractivity contribution in [1.82, 2.24) is 5.32 Å². The smallest absolute Gasteiger partial charge is 0.292 e. The summed E-state index contributed by atoms with van der Waals surface area (Å²) in [6.07, 6.45) is 0.579. The van der Waals surface area contributed by atoms with E-state index in [9.17, 15) is 14.9 Å². The molecule has 2 rings (SSSR count). The molecule has 0 unspecified atom stereocenters. The van der Waals surface area contributed by atoms with Crippen molar-refractivity contribution < 1.29 is 9.72 Å². The first-order valence-corrected chi connectivity index (χ1v) is 6.08. The zero-order chi connectivity index (χ0) is 13.8. The van der Waals surface area contributed by atoms with Gasteiger partial charge in [0.1, 0.15) is 5.69 Å². The van der Waals surface area contributed by atoms with E-state index in [0.717, 1.165) is 13.1 Å². The van der Waals surface area contributed by atoms with Gasteiger partial charge in [0, 0.05) is 37.9 Å². The van der Waals surface area contributed by atoms with Crippen molar-refractivity contribution in [1.29, 1.82) is 0 Å². The van der Waals surface area contributed by atoms with Crippen LogP contribution >= 0.6 is 0 Å². The summed E-state index contributed by atoms with van der Waals surface area (Å²) in [7, 11) is 0. The van der Waals surface area contributed by atoms with Crippen LogP contribution in [0.2, 0.25) is 0 Å². The zero-order valence-electron chi connectivity index (χ0n) is 10.7. The van der Waals surface area contributed by atoms with Gasteiger partial charge in [0.2, 0.25) is 6.41 Å². The van der Waals surface area contributed by atoms with E-state index < -0.39 is 0 Å². The third-order valence-electron chi connectivity index (χ3n) is 3.19. The number of nitrogens with zero attached hydrogens (tertiary/aromatic N) is 2.